The molecule has 3 aromatic carbocycles. The summed E-state index contributed by atoms with van der Waals surface area (Å²) in [4.78, 5) is 4.47. The van der Waals surface area contributed by atoms with E-state index in [9.17, 15) is 0 Å². The van der Waals surface area contributed by atoms with Crippen molar-refractivity contribution in [2.45, 2.75) is 26.2 Å². The maximum absolute atomic E-state index is 4.47. The van der Waals surface area contributed by atoms with Crippen molar-refractivity contribution in [2.24, 2.45) is 0 Å². The fourth-order valence-corrected chi connectivity index (χ4v) is 2.93. The average Bonchev–Trinajstić information content (AvgIpc) is 2.69. The Hall–Kier alpha value is -2.85. The van der Waals surface area contributed by atoms with Gasteiger partial charge in [0.15, 0.2) is 0 Å². The second-order valence-corrected chi connectivity index (χ2v) is 6.19. The molecule has 1 heteroatoms. The van der Waals surface area contributed by atoms with Crippen molar-refractivity contribution in [3.63, 3.8) is 0 Å². The number of rotatable bonds is 5. The minimum Gasteiger partial charge on any atom is -0.0780 e. The van der Waals surface area contributed by atoms with Crippen LogP contribution in [-0.4, -0.2) is 6.54 Å². The molecule has 0 unspecified atom stereocenters. The van der Waals surface area contributed by atoms with Gasteiger partial charge in [0, 0.05) is 6.42 Å². The van der Waals surface area contributed by atoms with Crippen LogP contribution in [0.4, 0.5) is 0 Å². The van der Waals surface area contributed by atoms with Crippen molar-refractivity contribution in [3.05, 3.63) is 89.3 Å². The number of hydrogen-bond donors (Lipinski definition) is 0. The van der Waals surface area contributed by atoms with E-state index in [1.165, 1.54) is 35.1 Å². The summed E-state index contributed by atoms with van der Waals surface area (Å²) in [7, 11) is 0. The summed E-state index contributed by atoms with van der Waals surface area (Å²) in [6.07, 6.45) is 3.59. The van der Waals surface area contributed by atoms with Crippen molar-refractivity contribution < 1.29 is 0 Å². The van der Waals surface area contributed by atoms with E-state index in [0.29, 0.717) is 0 Å². The van der Waals surface area contributed by atoms with Crippen LogP contribution >= 0.6 is 0 Å². The van der Waals surface area contributed by atoms with Crippen LogP contribution < -0.4 is 0 Å². The molecule has 0 aliphatic heterocycles. The molecule has 0 amide bonds. The lowest BCUT2D eigenvalue weighted by Crippen LogP contribution is -1.87. The van der Waals surface area contributed by atoms with E-state index in [4.69, 9.17) is 0 Å². The Labute approximate surface area is 150 Å². The average molecular weight is 326 g/mol. The van der Waals surface area contributed by atoms with E-state index < -0.39 is 0 Å². The molecule has 1 nitrogen and oxygen atoms in total. The SMILES string of the molecule is CCCCC[N+]#Cc1ccc(-c2ccccc2)c(-c2ccccc2)c1. The van der Waals surface area contributed by atoms with Crippen LogP contribution in [0.25, 0.3) is 27.1 Å². The summed E-state index contributed by atoms with van der Waals surface area (Å²) in [5.41, 5.74) is 5.95. The van der Waals surface area contributed by atoms with E-state index in [2.05, 4.69) is 96.7 Å². The maximum atomic E-state index is 4.47. The van der Waals surface area contributed by atoms with Crippen molar-refractivity contribution in [2.75, 3.05) is 6.54 Å². The van der Waals surface area contributed by atoms with Crippen LogP contribution in [0.1, 0.15) is 31.7 Å². The first-order valence-corrected chi connectivity index (χ1v) is 9.06. The van der Waals surface area contributed by atoms with E-state index >= 15 is 0 Å². The van der Waals surface area contributed by atoms with Gasteiger partial charge in [-0.25, -0.2) is 0 Å². The highest BCUT2D eigenvalue weighted by Gasteiger charge is 2.09. The van der Waals surface area contributed by atoms with E-state index in [1.54, 1.807) is 0 Å². The quantitative estimate of drug-likeness (QED) is 0.449. The molecule has 124 valence electrons. The standard InChI is InChI=1S/C24H24N/c1-2-3-10-17-25-19-20-15-16-23(21-11-6-4-7-12-21)24(18-20)22-13-8-5-9-14-22/h4-9,11-16,18H,2-3,10,17H2,1H3/q+1. The molecule has 3 rings (SSSR count). The number of unbranched alkanes of at least 4 members (excludes halogenated alkanes) is 2. The van der Waals surface area contributed by atoms with Gasteiger partial charge in [0.05, 0.1) is 0 Å². The summed E-state index contributed by atoms with van der Waals surface area (Å²) in [5, 5.41) is 0. The van der Waals surface area contributed by atoms with Crippen molar-refractivity contribution in [1.82, 2.24) is 0 Å². The molecule has 0 bridgehead atoms. The third kappa shape index (κ3) is 4.58. The zero-order valence-corrected chi connectivity index (χ0v) is 14.8. The Kier molecular flexibility index (Phi) is 6.01. The molecule has 0 heterocycles. The molecular weight excluding hydrogens is 302 g/mol. The lowest BCUT2D eigenvalue weighted by atomic mass is 9.93. The molecule has 0 atom stereocenters. The fourth-order valence-electron chi connectivity index (χ4n) is 2.93. The second kappa shape index (κ2) is 8.85. The zero-order chi connectivity index (χ0) is 17.3. The van der Waals surface area contributed by atoms with E-state index in [0.717, 1.165) is 18.5 Å². The van der Waals surface area contributed by atoms with Crippen molar-refractivity contribution in [3.8, 4) is 28.3 Å². The molecule has 0 N–H and O–H groups in total. The first-order chi connectivity index (χ1) is 12.4. The summed E-state index contributed by atoms with van der Waals surface area (Å²) in [6, 6.07) is 30.8. The number of nitrogens with zero attached hydrogens (tertiary/aromatic N) is 1. The van der Waals surface area contributed by atoms with Gasteiger partial charge in [0.2, 0.25) is 0 Å². The highest BCUT2D eigenvalue weighted by molar-refractivity contribution is 5.84. The molecule has 0 saturated carbocycles. The monoisotopic (exact) mass is 326 g/mol. The first-order valence-electron chi connectivity index (χ1n) is 9.06. The molecule has 0 aliphatic rings. The topological polar surface area (TPSA) is 4.36 Å². The van der Waals surface area contributed by atoms with Crippen LogP contribution in [0.2, 0.25) is 0 Å². The molecule has 0 aromatic heterocycles. The van der Waals surface area contributed by atoms with Gasteiger partial charge in [0.25, 0.3) is 6.54 Å². The highest BCUT2D eigenvalue weighted by atomic mass is 14.6. The second-order valence-electron chi connectivity index (χ2n) is 6.19. The summed E-state index contributed by atoms with van der Waals surface area (Å²) < 4.78 is 0. The minimum atomic E-state index is 0.856. The van der Waals surface area contributed by atoms with E-state index in [1.807, 2.05) is 0 Å². The molecule has 0 saturated heterocycles. The van der Waals surface area contributed by atoms with Crippen molar-refractivity contribution >= 4 is 0 Å². The smallest absolute Gasteiger partial charge is 0.0780 e. The zero-order valence-electron chi connectivity index (χ0n) is 14.8. The Bertz CT molecular complexity index is 855. The van der Waals surface area contributed by atoms with Crippen molar-refractivity contribution in [1.29, 1.82) is 0 Å². The molecule has 0 fully saturated rings. The molecule has 0 spiro atoms. The van der Waals surface area contributed by atoms with Gasteiger partial charge in [-0.2, -0.15) is 0 Å². The maximum Gasteiger partial charge on any atom is 0.311 e. The highest BCUT2D eigenvalue weighted by Crippen LogP contribution is 2.32. The Balaban J connectivity index is 1.97. The van der Waals surface area contributed by atoms with Crippen LogP contribution in [0.5, 0.6) is 0 Å². The lowest BCUT2D eigenvalue weighted by Gasteiger charge is -2.10. The third-order valence-electron chi connectivity index (χ3n) is 4.27. The van der Waals surface area contributed by atoms with Gasteiger partial charge in [-0.05, 0) is 40.8 Å². The summed E-state index contributed by atoms with van der Waals surface area (Å²) >= 11 is 0. The van der Waals surface area contributed by atoms with Gasteiger partial charge >= 0.3 is 6.07 Å². The number of hydrogen-bond acceptors (Lipinski definition) is 0. The summed E-state index contributed by atoms with van der Waals surface area (Å²) in [6.45, 7) is 3.07. The first kappa shape index (κ1) is 17.0. The number of benzene rings is 3. The van der Waals surface area contributed by atoms with Crippen LogP contribution in [0, 0.1) is 6.07 Å². The largest absolute Gasteiger partial charge is 0.311 e. The third-order valence-corrected chi connectivity index (χ3v) is 4.27. The van der Waals surface area contributed by atoms with Crippen LogP contribution in [0.3, 0.4) is 0 Å². The lowest BCUT2D eigenvalue weighted by molar-refractivity contribution is 0.758. The van der Waals surface area contributed by atoms with Gasteiger partial charge in [-0.15, -0.1) is 0 Å². The Morgan fingerprint density at radius 1 is 0.720 bits per heavy atom. The molecule has 0 radical (unpaired) electrons. The molecule has 0 aliphatic carbocycles. The molecule has 25 heavy (non-hydrogen) atoms. The van der Waals surface area contributed by atoms with Gasteiger partial charge in [0.1, 0.15) is 5.56 Å². The van der Waals surface area contributed by atoms with Gasteiger partial charge < -0.3 is 0 Å². The van der Waals surface area contributed by atoms with Crippen LogP contribution in [-0.2, 0) is 0 Å². The Morgan fingerprint density at radius 3 is 2.00 bits per heavy atom. The van der Waals surface area contributed by atoms with Gasteiger partial charge in [-0.1, -0.05) is 84.9 Å². The minimum absolute atomic E-state index is 0.856. The predicted molar refractivity (Wildman–Crippen MR) is 108 cm³/mol. The predicted octanol–water partition coefficient (Wildman–Crippen LogP) is 6.89. The Morgan fingerprint density at radius 2 is 1.36 bits per heavy atom. The fraction of sp³-hybridized carbons (Fsp3) is 0.208. The summed E-state index contributed by atoms with van der Waals surface area (Å²) in [5.74, 6) is 0. The molecular formula is C24H24N+. The molecule has 3 aromatic rings. The van der Waals surface area contributed by atoms with Crippen LogP contribution in [0.15, 0.2) is 78.9 Å². The van der Waals surface area contributed by atoms with Gasteiger partial charge in [-0.3, -0.25) is 0 Å². The normalized spacial score (nSPS) is 10.1. The van der Waals surface area contributed by atoms with E-state index in [-0.39, 0.29) is 0 Å².